The van der Waals surface area contributed by atoms with E-state index in [-0.39, 0.29) is 12.3 Å². The second-order valence-corrected chi connectivity index (χ2v) is 6.84. The van der Waals surface area contributed by atoms with Crippen LogP contribution in [0.25, 0.3) is 11.1 Å². The number of carbonyl (C=O) groups excluding carboxylic acids is 2. The molecule has 26 heavy (non-hydrogen) atoms. The summed E-state index contributed by atoms with van der Waals surface area (Å²) in [4.78, 5) is 25.0. The molecule has 1 aliphatic heterocycles. The molecule has 1 aliphatic rings. The van der Waals surface area contributed by atoms with Crippen LogP contribution in [-0.2, 0) is 20.7 Å². The normalized spacial score (nSPS) is 14.9. The fraction of sp³-hybridized carbons (Fsp3) is 0.364. The van der Waals surface area contributed by atoms with Crippen molar-refractivity contribution in [2.24, 2.45) is 5.92 Å². The van der Waals surface area contributed by atoms with Crippen LogP contribution in [0.5, 0.6) is 0 Å². The number of hydrogen-bond acceptors (Lipinski definition) is 3. The van der Waals surface area contributed by atoms with E-state index in [9.17, 15) is 9.59 Å². The minimum atomic E-state index is -0.462. The summed E-state index contributed by atoms with van der Waals surface area (Å²) in [5.74, 6) is -0.00195. The fourth-order valence-corrected chi connectivity index (χ4v) is 3.49. The summed E-state index contributed by atoms with van der Waals surface area (Å²) >= 11 is 0. The monoisotopic (exact) mass is 351 g/mol. The summed E-state index contributed by atoms with van der Waals surface area (Å²) in [6.45, 7) is 1.45. The predicted molar refractivity (Wildman–Crippen MR) is 102 cm³/mol. The molecule has 136 valence electrons. The van der Waals surface area contributed by atoms with Crippen LogP contribution < -0.4 is 0 Å². The molecule has 2 aromatic rings. The van der Waals surface area contributed by atoms with E-state index in [2.05, 4.69) is 53.3 Å². The Morgan fingerprint density at radius 2 is 1.58 bits per heavy atom. The number of rotatable bonds is 5. The first-order valence-corrected chi connectivity index (χ1v) is 9.14. The van der Waals surface area contributed by atoms with Gasteiger partial charge in [-0.15, -0.1) is 0 Å². The quantitative estimate of drug-likeness (QED) is 0.609. The molecule has 0 saturated carbocycles. The van der Waals surface area contributed by atoms with Crippen molar-refractivity contribution in [2.75, 3.05) is 20.2 Å². The minimum Gasteiger partial charge on any atom is -0.469 e. The molecule has 0 N–H and O–H groups in total. The third-order valence-corrected chi connectivity index (χ3v) is 5.08. The van der Waals surface area contributed by atoms with Crippen LogP contribution in [0.3, 0.4) is 0 Å². The van der Waals surface area contributed by atoms with Gasteiger partial charge in [0.05, 0.1) is 7.11 Å². The van der Waals surface area contributed by atoms with Crippen molar-refractivity contribution in [1.82, 2.24) is 4.90 Å². The van der Waals surface area contributed by atoms with Crippen LogP contribution in [0.4, 0.5) is 0 Å². The number of esters is 1. The molecule has 0 bridgehead atoms. The van der Waals surface area contributed by atoms with E-state index in [1.54, 1.807) is 4.90 Å². The molecule has 1 saturated heterocycles. The molecular weight excluding hydrogens is 326 g/mol. The summed E-state index contributed by atoms with van der Waals surface area (Å²) in [6, 6.07) is 19.1. The largest absolute Gasteiger partial charge is 0.469 e. The lowest BCUT2D eigenvalue weighted by molar-refractivity contribution is -0.147. The van der Waals surface area contributed by atoms with Crippen molar-refractivity contribution < 1.29 is 14.3 Å². The molecule has 1 amide bonds. The van der Waals surface area contributed by atoms with Crippen LogP contribution in [0.2, 0.25) is 0 Å². The summed E-state index contributed by atoms with van der Waals surface area (Å²) in [5, 5.41) is 0. The van der Waals surface area contributed by atoms with E-state index in [0.717, 1.165) is 32.4 Å². The van der Waals surface area contributed by atoms with Gasteiger partial charge in [0.1, 0.15) is 6.42 Å². The van der Waals surface area contributed by atoms with Crippen LogP contribution >= 0.6 is 0 Å². The lowest BCUT2D eigenvalue weighted by Gasteiger charge is -2.32. The Bertz CT molecular complexity index is 732. The molecule has 0 spiro atoms. The summed E-state index contributed by atoms with van der Waals surface area (Å²) < 4.78 is 4.57. The van der Waals surface area contributed by atoms with Gasteiger partial charge in [-0.3, -0.25) is 9.59 Å². The molecule has 4 nitrogen and oxygen atoms in total. The third kappa shape index (κ3) is 4.72. The van der Waals surface area contributed by atoms with Crippen molar-refractivity contribution in [3.05, 3.63) is 60.2 Å². The number of methoxy groups -OCH3 is 1. The standard InChI is InChI=1S/C22H25NO3/c1-26-22(25)16-21(24)23-13-11-18(12-14-23)15-17-7-9-20(10-8-17)19-5-3-2-4-6-19/h2-10,18H,11-16H2,1H3. The maximum atomic E-state index is 12.0. The van der Waals surface area contributed by atoms with Gasteiger partial charge in [0, 0.05) is 13.1 Å². The molecule has 1 heterocycles. The average molecular weight is 351 g/mol. The van der Waals surface area contributed by atoms with E-state index < -0.39 is 5.97 Å². The highest BCUT2D eigenvalue weighted by atomic mass is 16.5. The van der Waals surface area contributed by atoms with Crippen LogP contribution in [0.1, 0.15) is 24.8 Å². The van der Waals surface area contributed by atoms with E-state index >= 15 is 0 Å². The molecule has 2 aromatic carbocycles. The number of hydrogen-bond donors (Lipinski definition) is 0. The number of benzene rings is 2. The van der Waals surface area contributed by atoms with Crippen LogP contribution in [0, 0.1) is 5.92 Å². The zero-order valence-electron chi connectivity index (χ0n) is 15.2. The summed E-state index contributed by atoms with van der Waals surface area (Å²) in [7, 11) is 1.31. The maximum Gasteiger partial charge on any atom is 0.315 e. The first kappa shape index (κ1) is 18.2. The highest BCUT2D eigenvalue weighted by Crippen LogP contribution is 2.24. The first-order valence-electron chi connectivity index (χ1n) is 9.14. The highest BCUT2D eigenvalue weighted by Gasteiger charge is 2.24. The zero-order chi connectivity index (χ0) is 18.4. The van der Waals surface area contributed by atoms with Gasteiger partial charge in [-0.2, -0.15) is 0 Å². The van der Waals surface area contributed by atoms with Gasteiger partial charge in [-0.05, 0) is 41.9 Å². The molecule has 4 heteroatoms. The Labute approximate surface area is 154 Å². The van der Waals surface area contributed by atoms with Gasteiger partial charge in [-0.1, -0.05) is 54.6 Å². The second-order valence-electron chi connectivity index (χ2n) is 6.84. The van der Waals surface area contributed by atoms with Crippen molar-refractivity contribution in [3.63, 3.8) is 0 Å². The molecule has 1 fully saturated rings. The Balaban J connectivity index is 1.50. The topological polar surface area (TPSA) is 46.6 Å². The minimum absolute atomic E-state index is 0.123. The van der Waals surface area contributed by atoms with E-state index in [1.807, 2.05) is 6.07 Å². The van der Waals surface area contributed by atoms with E-state index in [1.165, 1.54) is 23.8 Å². The molecular formula is C22H25NO3. The van der Waals surface area contributed by atoms with Crippen molar-refractivity contribution >= 4 is 11.9 Å². The molecule has 0 unspecified atom stereocenters. The van der Waals surface area contributed by atoms with Gasteiger partial charge in [-0.25, -0.2) is 0 Å². The number of carbonyl (C=O) groups is 2. The second kappa shape index (κ2) is 8.65. The van der Waals surface area contributed by atoms with Gasteiger partial charge in [0.15, 0.2) is 0 Å². The molecule has 3 rings (SSSR count). The molecule has 0 aromatic heterocycles. The van der Waals surface area contributed by atoms with Crippen LogP contribution in [-0.4, -0.2) is 37.0 Å². The lowest BCUT2D eigenvalue weighted by atomic mass is 9.89. The Hall–Kier alpha value is -2.62. The molecule has 0 radical (unpaired) electrons. The fourth-order valence-electron chi connectivity index (χ4n) is 3.49. The highest BCUT2D eigenvalue weighted by molar-refractivity contribution is 5.94. The van der Waals surface area contributed by atoms with Crippen molar-refractivity contribution in [2.45, 2.75) is 25.7 Å². The predicted octanol–water partition coefficient (Wildman–Crippen LogP) is 3.70. The van der Waals surface area contributed by atoms with Gasteiger partial charge in [0.25, 0.3) is 0 Å². The zero-order valence-corrected chi connectivity index (χ0v) is 15.2. The number of ether oxygens (including phenoxy) is 1. The van der Waals surface area contributed by atoms with Crippen molar-refractivity contribution in [3.8, 4) is 11.1 Å². The van der Waals surface area contributed by atoms with E-state index in [4.69, 9.17) is 0 Å². The Morgan fingerprint density at radius 3 is 2.19 bits per heavy atom. The molecule has 0 aliphatic carbocycles. The number of nitrogens with zero attached hydrogens (tertiary/aromatic N) is 1. The summed E-state index contributed by atoms with van der Waals surface area (Å²) in [5.41, 5.74) is 3.80. The third-order valence-electron chi connectivity index (χ3n) is 5.08. The van der Waals surface area contributed by atoms with Gasteiger partial charge < -0.3 is 9.64 Å². The van der Waals surface area contributed by atoms with Crippen LogP contribution in [0.15, 0.2) is 54.6 Å². The van der Waals surface area contributed by atoms with Gasteiger partial charge in [0.2, 0.25) is 5.91 Å². The van der Waals surface area contributed by atoms with Gasteiger partial charge >= 0.3 is 5.97 Å². The number of piperidine rings is 1. The summed E-state index contributed by atoms with van der Waals surface area (Å²) in [6.07, 6.45) is 2.84. The number of likely N-dealkylation sites (tertiary alicyclic amines) is 1. The smallest absolute Gasteiger partial charge is 0.315 e. The van der Waals surface area contributed by atoms with Crippen molar-refractivity contribution in [1.29, 1.82) is 0 Å². The number of amides is 1. The first-order chi connectivity index (χ1) is 12.7. The Kier molecular flexibility index (Phi) is 6.05. The maximum absolute atomic E-state index is 12.0. The SMILES string of the molecule is COC(=O)CC(=O)N1CCC(Cc2ccc(-c3ccccc3)cc2)CC1. The lowest BCUT2D eigenvalue weighted by Crippen LogP contribution is -2.39. The van der Waals surface area contributed by atoms with E-state index in [0.29, 0.717) is 5.92 Å². The molecule has 0 atom stereocenters. The average Bonchev–Trinajstić information content (AvgIpc) is 2.69. The Morgan fingerprint density at radius 1 is 0.962 bits per heavy atom.